The molecule has 0 aliphatic heterocycles. The molecule has 142 valence electrons. The number of ketones is 1. The van der Waals surface area contributed by atoms with E-state index in [0.29, 0.717) is 25.7 Å². The molecular formula is C20H32O5. The van der Waals surface area contributed by atoms with Crippen molar-refractivity contribution < 1.29 is 24.6 Å². The molecule has 0 rings (SSSR count). The molecule has 0 fully saturated rings. The van der Waals surface area contributed by atoms with Crippen LogP contribution in [0.25, 0.3) is 0 Å². The summed E-state index contributed by atoms with van der Waals surface area (Å²) >= 11 is 0. The molecule has 3 atom stereocenters. The predicted octanol–water partition coefficient (Wildman–Crippen LogP) is 3.71. The van der Waals surface area contributed by atoms with Crippen molar-refractivity contribution in [1.29, 1.82) is 0 Å². The second-order valence-electron chi connectivity index (χ2n) is 6.38. The molecule has 5 heteroatoms. The van der Waals surface area contributed by atoms with Gasteiger partial charge in [0.25, 0.3) is 0 Å². The van der Waals surface area contributed by atoms with Crippen LogP contribution in [-0.2, 0) is 14.4 Å². The first-order valence-corrected chi connectivity index (χ1v) is 9.11. The summed E-state index contributed by atoms with van der Waals surface area (Å²) in [7, 11) is 0. The minimum atomic E-state index is -0.821. The molecule has 0 saturated heterocycles. The van der Waals surface area contributed by atoms with E-state index in [2.05, 4.69) is 6.92 Å². The third-order valence-corrected chi connectivity index (χ3v) is 4.09. The molecule has 25 heavy (non-hydrogen) atoms. The van der Waals surface area contributed by atoms with E-state index in [-0.39, 0.29) is 12.2 Å². The third kappa shape index (κ3) is 12.3. The average Bonchev–Trinajstić information content (AvgIpc) is 2.55. The maximum Gasteiger partial charge on any atom is 0.303 e. The second kappa shape index (κ2) is 14.6. The fourth-order valence-electron chi connectivity index (χ4n) is 2.56. The Bertz CT molecular complexity index is 453. The van der Waals surface area contributed by atoms with Gasteiger partial charge in [0.15, 0.2) is 0 Å². The van der Waals surface area contributed by atoms with Crippen molar-refractivity contribution in [2.75, 3.05) is 0 Å². The van der Waals surface area contributed by atoms with Gasteiger partial charge in [0.1, 0.15) is 12.1 Å². The van der Waals surface area contributed by atoms with Gasteiger partial charge in [-0.25, -0.2) is 0 Å². The summed E-state index contributed by atoms with van der Waals surface area (Å²) in [5, 5.41) is 18.5. The van der Waals surface area contributed by atoms with Crippen LogP contribution in [-0.4, -0.2) is 34.4 Å². The van der Waals surface area contributed by atoms with Crippen LogP contribution in [0.2, 0.25) is 0 Å². The zero-order chi connectivity index (χ0) is 19.1. The highest BCUT2D eigenvalue weighted by molar-refractivity contribution is 5.83. The molecule has 0 radical (unpaired) electrons. The van der Waals surface area contributed by atoms with E-state index >= 15 is 0 Å². The quantitative estimate of drug-likeness (QED) is 0.266. The first kappa shape index (κ1) is 23.2. The van der Waals surface area contributed by atoms with Crippen LogP contribution in [0.3, 0.4) is 0 Å². The maximum absolute atomic E-state index is 11.8. The molecule has 0 saturated carbocycles. The summed E-state index contributed by atoms with van der Waals surface area (Å²) in [5.74, 6) is -1.93. The Balaban J connectivity index is 4.53. The number of aldehydes is 1. The highest BCUT2D eigenvalue weighted by Gasteiger charge is 2.22. The molecule has 0 aromatic carbocycles. The number of Topliss-reactive ketones (excluding diaryl/α,β-unsaturated/α-hetero) is 1. The van der Waals surface area contributed by atoms with Crippen LogP contribution < -0.4 is 0 Å². The van der Waals surface area contributed by atoms with Gasteiger partial charge in [-0.3, -0.25) is 9.59 Å². The van der Waals surface area contributed by atoms with Gasteiger partial charge in [0, 0.05) is 18.3 Å². The van der Waals surface area contributed by atoms with E-state index in [1.807, 2.05) is 12.2 Å². The number of rotatable bonds is 15. The number of hydrogen-bond acceptors (Lipinski definition) is 4. The fourth-order valence-corrected chi connectivity index (χ4v) is 2.56. The minimum Gasteiger partial charge on any atom is -0.481 e. The first-order chi connectivity index (χ1) is 11.9. The lowest BCUT2D eigenvalue weighted by atomic mass is 9.86. The molecule has 0 aliphatic carbocycles. The van der Waals surface area contributed by atoms with Crippen molar-refractivity contribution in [3.8, 4) is 0 Å². The largest absolute Gasteiger partial charge is 0.481 e. The Morgan fingerprint density at radius 3 is 2.36 bits per heavy atom. The number of carbonyl (C=O) groups excluding carboxylic acids is 2. The lowest BCUT2D eigenvalue weighted by Gasteiger charge is -2.16. The average molecular weight is 352 g/mol. The van der Waals surface area contributed by atoms with Gasteiger partial charge in [-0.1, -0.05) is 50.5 Å². The summed E-state index contributed by atoms with van der Waals surface area (Å²) in [6.45, 7) is 3.55. The Morgan fingerprint density at radius 1 is 1.08 bits per heavy atom. The molecule has 0 heterocycles. The van der Waals surface area contributed by atoms with Crippen molar-refractivity contribution in [3.63, 3.8) is 0 Å². The third-order valence-electron chi connectivity index (χ3n) is 4.09. The summed E-state index contributed by atoms with van der Waals surface area (Å²) in [6.07, 6.45) is 12.6. The minimum absolute atomic E-state index is 0.103. The molecule has 0 spiro atoms. The van der Waals surface area contributed by atoms with Crippen molar-refractivity contribution in [3.05, 3.63) is 24.3 Å². The van der Waals surface area contributed by atoms with Crippen molar-refractivity contribution in [2.45, 2.75) is 71.3 Å². The molecule has 0 aromatic heterocycles. The Kier molecular flexibility index (Phi) is 13.6. The number of carboxylic acid groups (broad SMARTS) is 1. The van der Waals surface area contributed by atoms with Crippen LogP contribution in [0, 0.1) is 11.8 Å². The van der Waals surface area contributed by atoms with Crippen molar-refractivity contribution in [2.24, 2.45) is 11.8 Å². The Labute approximate surface area is 150 Å². The maximum atomic E-state index is 11.8. The topological polar surface area (TPSA) is 91.7 Å². The van der Waals surface area contributed by atoms with Crippen molar-refractivity contribution in [1.82, 2.24) is 0 Å². The number of allylic oxidation sites excluding steroid dienone is 3. The molecular weight excluding hydrogens is 320 g/mol. The molecule has 0 aliphatic rings. The second-order valence-corrected chi connectivity index (χ2v) is 6.38. The predicted molar refractivity (Wildman–Crippen MR) is 98.3 cm³/mol. The zero-order valence-corrected chi connectivity index (χ0v) is 15.4. The van der Waals surface area contributed by atoms with Crippen LogP contribution >= 0.6 is 0 Å². The van der Waals surface area contributed by atoms with Gasteiger partial charge in [-0.2, -0.15) is 0 Å². The Morgan fingerprint density at radius 2 is 1.80 bits per heavy atom. The first-order valence-electron chi connectivity index (χ1n) is 9.11. The van der Waals surface area contributed by atoms with Crippen LogP contribution in [0.5, 0.6) is 0 Å². The summed E-state index contributed by atoms with van der Waals surface area (Å²) in [4.78, 5) is 33.6. The molecule has 2 N–H and O–H groups in total. The van der Waals surface area contributed by atoms with Crippen LogP contribution in [0.1, 0.15) is 65.2 Å². The standard InChI is InChI=1S/C20H32O5/c1-3-4-7-11-18(23)13-14-19(16(2)22)17(15-21)10-8-5-6-9-12-20(24)25/h5,8,13-15,17-19,23H,3-4,6-7,9-12H2,1-2H3,(H,24,25)/b8-5-,14-13+/t17-,18-,19+/m1/s1. The number of carboxylic acids is 1. The Hall–Kier alpha value is -1.75. The lowest BCUT2D eigenvalue weighted by molar-refractivity contribution is -0.137. The van der Waals surface area contributed by atoms with E-state index in [0.717, 1.165) is 25.5 Å². The van der Waals surface area contributed by atoms with E-state index in [1.165, 1.54) is 6.92 Å². The molecule has 0 aromatic rings. The number of hydrogen-bond donors (Lipinski definition) is 2. The summed E-state index contributed by atoms with van der Waals surface area (Å²) in [6, 6.07) is 0. The molecule has 0 bridgehead atoms. The molecule has 5 nitrogen and oxygen atoms in total. The number of carbonyl (C=O) groups is 3. The number of aliphatic hydroxyl groups is 1. The fraction of sp³-hybridized carbons (Fsp3) is 0.650. The SMILES string of the molecule is CCCCC[C@@H](O)/C=C/[C@@H](C(C)=O)[C@@H](C=O)C/C=C\CCCC(=O)O. The van der Waals surface area contributed by atoms with E-state index in [4.69, 9.17) is 5.11 Å². The van der Waals surface area contributed by atoms with Gasteiger partial charge in [-0.05, 0) is 32.6 Å². The van der Waals surface area contributed by atoms with Gasteiger partial charge < -0.3 is 15.0 Å². The normalized spacial score (nSPS) is 15.3. The van der Waals surface area contributed by atoms with Gasteiger partial charge in [-0.15, -0.1) is 0 Å². The summed E-state index contributed by atoms with van der Waals surface area (Å²) < 4.78 is 0. The lowest BCUT2D eigenvalue weighted by Crippen LogP contribution is -2.21. The number of aliphatic hydroxyl groups excluding tert-OH is 1. The smallest absolute Gasteiger partial charge is 0.303 e. The number of unbranched alkanes of at least 4 members (excludes halogenated alkanes) is 3. The molecule has 0 unspecified atom stereocenters. The van der Waals surface area contributed by atoms with E-state index in [1.54, 1.807) is 12.2 Å². The highest BCUT2D eigenvalue weighted by Crippen LogP contribution is 2.19. The highest BCUT2D eigenvalue weighted by atomic mass is 16.4. The van der Waals surface area contributed by atoms with E-state index in [9.17, 15) is 19.5 Å². The van der Waals surface area contributed by atoms with Crippen LogP contribution in [0.4, 0.5) is 0 Å². The molecule has 0 amide bonds. The summed E-state index contributed by atoms with van der Waals surface area (Å²) in [5.41, 5.74) is 0. The van der Waals surface area contributed by atoms with Gasteiger partial charge >= 0.3 is 5.97 Å². The van der Waals surface area contributed by atoms with Crippen LogP contribution in [0.15, 0.2) is 24.3 Å². The monoisotopic (exact) mass is 352 g/mol. The van der Waals surface area contributed by atoms with Gasteiger partial charge in [0.2, 0.25) is 0 Å². The van der Waals surface area contributed by atoms with E-state index < -0.39 is 23.9 Å². The number of aliphatic carboxylic acids is 1. The van der Waals surface area contributed by atoms with Gasteiger partial charge in [0.05, 0.1) is 6.10 Å². The van der Waals surface area contributed by atoms with Crippen molar-refractivity contribution >= 4 is 18.0 Å². The zero-order valence-electron chi connectivity index (χ0n) is 15.4.